The van der Waals surface area contributed by atoms with Gasteiger partial charge >= 0.3 is 0 Å². The summed E-state index contributed by atoms with van der Waals surface area (Å²) in [6.07, 6.45) is 0.485. The molecular formula is C14H16N2O. The summed E-state index contributed by atoms with van der Waals surface area (Å²) >= 11 is 0. The van der Waals surface area contributed by atoms with Gasteiger partial charge in [0.05, 0.1) is 6.04 Å². The van der Waals surface area contributed by atoms with Gasteiger partial charge in [-0.2, -0.15) is 0 Å². The SMILES string of the molecule is Cc1ccc2cc(CC(N)C(N)=O)ccc2c1. The van der Waals surface area contributed by atoms with Gasteiger partial charge in [-0.15, -0.1) is 0 Å². The molecule has 88 valence electrons. The topological polar surface area (TPSA) is 69.1 Å². The lowest BCUT2D eigenvalue weighted by Crippen LogP contribution is -2.38. The molecule has 1 atom stereocenters. The van der Waals surface area contributed by atoms with Crippen LogP contribution in [0.15, 0.2) is 36.4 Å². The van der Waals surface area contributed by atoms with E-state index in [0.29, 0.717) is 6.42 Å². The van der Waals surface area contributed by atoms with Gasteiger partial charge in [-0.25, -0.2) is 0 Å². The lowest BCUT2D eigenvalue weighted by Gasteiger charge is -2.08. The summed E-state index contributed by atoms with van der Waals surface area (Å²) < 4.78 is 0. The molecule has 0 aromatic heterocycles. The normalized spacial score (nSPS) is 12.6. The average molecular weight is 228 g/mol. The van der Waals surface area contributed by atoms with Gasteiger partial charge in [0.15, 0.2) is 0 Å². The van der Waals surface area contributed by atoms with E-state index in [9.17, 15) is 4.79 Å². The quantitative estimate of drug-likeness (QED) is 0.836. The Kier molecular flexibility index (Phi) is 3.11. The van der Waals surface area contributed by atoms with E-state index in [1.165, 1.54) is 10.9 Å². The third-order valence-electron chi connectivity index (χ3n) is 2.88. The summed E-state index contributed by atoms with van der Waals surface area (Å²) in [7, 11) is 0. The Morgan fingerprint density at radius 1 is 1.18 bits per heavy atom. The van der Waals surface area contributed by atoms with Gasteiger partial charge in [0.25, 0.3) is 0 Å². The fourth-order valence-electron chi connectivity index (χ4n) is 1.90. The Balaban J connectivity index is 2.32. The highest BCUT2D eigenvalue weighted by Crippen LogP contribution is 2.18. The number of benzene rings is 2. The summed E-state index contributed by atoms with van der Waals surface area (Å²) in [4.78, 5) is 10.9. The van der Waals surface area contributed by atoms with Crippen molar-refractivity contribution in [2.24, 2.45) is 11.5 Å². The number of primary amides is 1. The lowest BCUT2D eigenvalue weighted by atomic mass is 10.0. The average Bonchev–Trinajstić information content (AvgIpc) is 2.29. The molecule has 0 spiro atoms. The Bertz CT molecular complexity index is 563. The fourth-order valence-corrected chi connectivity index (χ4v) is 1.90. The second kappa shape index (κ2) is 4.55. The van der Waals surface area contributed by atoms with Gasteiger partial charge in [-0.05, 0) is 29.7 Å². The van der Waals surface area contributed by atoms with Crippen molar-refractivity contribution < 1.29 is 4.79 Å². The molecule has 0 saturated heterocycles. The number of carbonyl (C=O) groups excluding carboxylic acids is 1. The third kappa shape index (κ3) is 2.63. The predicted octanol–water partition coefficient (Wildman–Crippen LogP) is 1.50. The highest BCUT2D eigenvalue weighted by atomic mass is 16.1. The van der Waals surface area contributed by atoms with Crippen molar-refractivity contribution in [1.82, 2.24) is 0 Å². The maximum atomic E-state index is 10.9. The summed E-state index contributed by atoms with van der Waals surface area (Å²) in [5, 5.41) is 2.35. The van der Waals surface area contributed by atoms with Crippen molar-refractivity contribution in [2.45, 2.75) is 19.4 Å². The molecule has 0 radical (unpaired) electrons. The number of nitrogens with two attached hydrogens (primary N) is 2. The largest absolute Gasteiger partial charge is 0.368 e. The molecule has 2 aromatic rings. The summed E-state index contributed by atoms with van der Waals surface area (Å²) in [5.74, 6) is -0.464. The molecule has 4 N–H and O–H groups in total. The fraction of sp³-hybridized carbons (Fsp3) is 0.214. The number of amides is 1. The second-order valence-electron chi connectivity index (χ2n) is 4.40. The molecule has 0 aliphatic rings. The molecule has 1 unspecified atom stereocenters. The van der Waals surface area contributed by atoms with Gasteiger partial charge < -0.3 is 11.5 Å². The minimum atomic E-state index is -0.613. The molecule has 1 amide bonds. The zero-order valence-electron chi connectivity index (χ0n) is 9.81. The third-order valence-corrected chi connectivity index (χ3v) is 2.88. The number of hydrogen-bond donors (Lipinski definition) is 2. The summed E-state index contributed by atoms with van der Waals surface area (Å²) in [5.41, 5.74) is 13.1. The first kappa shape index (κ1) is 11.6. The molecule has 0 aliphatic heterocycles. The van der Waals surface area contributed by atoms with Crippen LogP contribution in [0.4, 0.5) is 0 Å². The van der Waals surface area contributed by atoms with Crippen LogP contribution < -0.4 is 11.5 Å². The van der Waals surface area contributed by atoms with E-state index in [-0.39, 0.29) is 0 Å². The smallest absolute Gasteiger partial charge is 0.234 e. The number of rotatable bonds is 3. The van der Waals surface area contributed by atoms with E-state index in [2.05, 4.69) is 31.2 Å². The highest BCUT2D eigenvalue weighted by molar-refractivity contribution is 5.84. The molecule has 0 saturated carbocycles. The molecule has 2 rings (SSSR count). The number of fused-ring (bicyclic) bond motifs is 1. The second-order valence-corrected chi connectivity index (χ2v) is 4.40. The van der Waals surface area contributed by atoms with Gasteiger partial charge in [-0.3, -0.25) is 4.79 Å². The van der Waals surface area contributed by atoms with Crippen molar-refractivity contribution in [3.8, 4) is 0 Å². The molecule has 0 aliphatic carbocycles. The van der Waals surface area contributed by atoms with Crippen LogP contribution in [0.3, 0.4) is 0 Å². The van der Waals surface area contributed by atoms with Crippen LogP contribution in [0.5, 0.6) is 0 Å². The molecule has 17 heavy (non-hydrogen) atoms. The molecule has 3 nitrogen and oxygen atoms in total. The van der Waals surface area contributed by atoms with Crippen LogP contribution in [-0.4, -0.2) is 11.9 Å². The van der Waals surface area contributed by atoms with Crippen LogP contribution >= 0.6 is 0 Å². The molecule has 3 heteroatoms. The van der Waals surface area contributed by atoms with Crippen LogP contribution in [0.1, 0.15) is 11.1 Å². The number of hydrogen-bond acceptors (Lipinski definition) is 2. The number of aryl methyl sites for hydroxylation is 1. The van der Waals surface area contributed by atoms with Crippen LogP contribution in [-0.2, 0) is 11.2 Å². The van der Waals surface area contributed by atoms with Crippen LogP contribution in [0.2, 0.25) is 0 Å². The zero-order valence-corrected chi connectivity index (χ0v) is 9.81. The van der Waals surface area contributed by atoms with Crippen molar-refractivity contribution in [3.63, 3.8) is 0 Å². The maximum absolute atomic E-state index is 10.9. The van der Waals surface area contributed by atoms with Gasteiger partial charge in [0.1, 0.15) is 0 Å². The van der Waals surface area contributed by atoms with Gasteiger partial charge in [0, 0.05) is 0 Å². The molecule has 0 fully saturated rings. The monoisotopic (exact) mass is 228 g/mol. The zero-order chi connectivity index (χ0) is 12.4. The van der Waals surface area contributed by atoms with E-state index in [4.69, 9.17) is 11.5 Å². The maximum Gasteiger partial charge on any atom is 0.234 e. The molecule has 2 aromatic carbocycles. The Morgan fingerprint density at radius 2 is 1.82 bits per heavy atom. The Labute approximate surface area is 100 Å². The summed E-state index contributed by atoms with van der Waals surface area (Å²) in [6.45, 7) is 2.07. The van der Waals surface area contributed by atoms with Crippen molar-refractivity contribution in [2.75, 3.05) is 0 Å². The van der Waals surface area contributed by atoms with Crippen molar-refractivity contribution in [1.29, 1.82) is 0 Å². The van der Waals surface area contributed by atoms with Gasteiger partial charge in [0.2, 0.25) is 5.91 Å². The Morgan fingerprint density at radius 3 is 2.53 bits per heavy atom. The first-order valence-electron chi connectivity index (χ1n) is 5.60. The first-order chi connectivity index (χ1) is 8.06. The van der Waals surface area contributed by atoms with Crippen LogP contribution in [0, 0.1) is 6.92 Å². The van der Waals surface area contributed by atoms with E-state index in [0.717, 1.165) is 10.9 Å². The molecule has 0 bridgehead atoms. The van der Waals surface area contributed by atoms with E-state index >= 15 is 0 Å². The lowest BCUT2D eigenvalue weighted by molar-refractivity contribution is -0.119. The van der Waals surface area contributed by atoms with E-state index < -0.39 is 11.9 Å². The van der Waals surface area contributed by atoms with Crippen molar-refractivity contribution in [3.05, 3.63) is 47.5 Å². The van der Waals surface area contributed by atoms with E-state index in [1.54, 1.807) is 0 Å². The van der Waals surface area contributed by atoms with Gasteiger partial charge in [-0.1, -0.05) is 42.0 Å². The van der Waals surface area contributed by atoms with Crippen molar-refractivity contribution >= 4 is 16.7 Å². The molecular weight excluding hydrogens is 212 g/mol. The summed E-state index contributed by atoms with van der Waals surface area (Å²) in [6, 6.07) is 11.8. The predicted molar refractivity (Wildman–Crippen MR) is 69.6 cm³/mol. The highest BCUT2D eigenvalue weighted by Gasteiger charge is 2.10. The Hall–Kier alpha value is -1.87. The van der Waals surface area contributed by atoms with E-state index in [1.807, 2.05) is 12.1 Å². The molecule has 0 heterocycles. The first-order valence-corrected chi connectivity index (χ1v) is 5.60. The minimum absolute atomic E-state index is 0.464. The van der Waals surface area contributed by atoms with Crippen LogP contribution in [0.25, 0.3) is 10.8 Å². The number of carbonyl (C=O) groups is 1. The minimum Gasteiger partial charge on any atom is -0.368 e. The standard InChI is InChI=1S/C14H16N2O/c1-9-2-4-12-7-10(3-5-11(12)6-9)8-13(15)14(16)17/h2-7,13H,8,15H2,1H3,(H2,16,17).